The average molecular weight is 339 g/mol. The molecule has 3 unspecified atom stereocenters. The van der Waals surface area contributed by atoms with E-state index in [1.165, 1.54) is 35.0 Å². The molecule has 2 N–H and O–H groups in total. The van der Waals surface area contributed by atoms with Gasteiger partial charge in [0.2, 0.25) is 0 Å². The molecular formula is C17H27BrN2. The number of hydrogen-bond acceptors (Lipinski definition) is 2. The molecule has 0 saturated carbocycles. The second-order valence-corrected chi connectivity index (χ2v) is 6.90. The molecule has 20 heavy (non-hydrogen) atoms. The Balaban J connectivity index is 2.20. The van der Waals surface area contributed by atoms with Crippen molar-refractivity contribution in [3.63, 3.8) is 0 Å². The van der Waals surface area contributed by atoms with Gasteiger partial charge >= 0.3 is 0 Å². The summed E-state index contributed by atoms with van der Waals surface area (Å²) in [5.74, 6) is 0. The van der Waals surface area contributed by atoms with E-state index in [0.717, 1.165) is 12.8 Å². The van der Waals surface area contributed by atoms with Gasteiger partial charge in [0.15, 0.2) is 0 Å². The monoisotopic (exact) mass is 338 g/mol. The van der Waals surface area contributed by atoms with Gasteiger partial charge in [0.05, 0.1) is 0 Å². The minimum atomic E-state index is 0.256. The third kappa shape index (κ3) is 3.37. The molecule has 2 rings (SSSR count). The Labute approximate surface area is 131 Å². The quantitative estimate of drug-likeness (QED) is 0.856. The Kier molecular flexibility index (Phi) is 5.50. The van der Waals surface area contributed by atoms with Crippen molar-refractivity contribution in [1.82, 2.24) is 0 Å². The Morgan fingerprint density at radius 3 is 2.70 bits per heavy atom. The molecule has 3 atom stereocenters. The number of nitrogens with two attached hydrogens (primary N) is 1. The summed E-state index contributed by atoms with van der Waals surface area (Å²) in [6.07, 6.45) is 5.82. The lowest BCUT2D eigenvalue weighted by Crippen LogP contribution is -2.34. The highest BCUT2D eigenvalue weighted by molar-refractivity contribution is 9.10. The van der Waals surface area contributed by atoms with E-state index in [2.05, 4.69) is 59.8 Å². The molecule has 1 aliphatic rings. The van der Waals surface area contributed by atoms with Gasteiger partial charge in [-0.2, -0.15) is 0 Å². The molecule has 1 aromatic carbocycles. The van der Waals surface area contributed by atoms with Crippen molar-refractivity contribution >= 4 is 21.6 Å². The van der Waals surface area contributed by atoms with E-state index in [1.807, 2.05) is 0 Å². The van der Waals surface area contributed by atoms with Crippen molar-refractivity contribution in [2.75, 3.05) is 4.90 Å². The maximum atomic E-state index is 6.07. The van der Waals surface area contributed by atoms with E-state index < -0.39 is 0 Å². The van der Waals surface area contributed by atoms with Gasteiger partial charge in [-0.15, -0.1) is 0 Å². The maximum Gasteiger partial charge on any atom is 0.0382 e. The largest absolute Gasteiger partial charge is 0.366 e. The van der Waals surface area contributed by atoms with Gasteiger partial charge < -0.3 is 10.6 Å². The van der Waals surface area contributed by atoms with Crippen LogP contribution in [0, 0.1) is 0 Å². The van der Waals surface area contributed by atoms with Crippen LogP contribution in [0.25, 0.3) is 0 Å². The zero-order chi connectivity index (χ0) is 14.7. The van der Waals surface area contributed by atoms with Crippen LogP contribution in [0.4, 0.5) is 5.69 Å². The topological polar surface area (TPSA) is 29.3 Å². The van der Waals surface area contributed by atoms with Crippen LogP contribution in [0.1, 0.15) is 52.0 Å². The number of rotatable bonds is 5. The Bertz CT molecular complexity index is 447. The normalized spacial score (nSPS) is 24.1. The fraction of sp³-hybridized carbons (Fsp3) is 0.647. The zero-order valence-corrected chi connectivity index (χ0v) is 14.5. The minimum absolute atomic E-state index is 0.256. The molecule has 112 valence electrons. The standard InChI is InChI=1S/C17H27BrN2/c1-4-14(19)10-13-7-9-16(11-17(13)18)20-12(3)6-8-15(20)5-2/h7,9,11-12,14-15H,4-6,8,10,19H2,1-3H3. The van der Waals surface area contributed by atoms with E-state index >= 15 is 0 Å². The molecule has 2 nitrogen and oxygen atoms in total. The first-order chi connectivity index (χ1) is 9.56. The molecule has 0 spiro atoms. The first-order valence-corrected chi connectivity index (χ1v) is 8.68. The summed E-state index contributed by atoms with van der Waals surface area (Å²) in [6.45, 7) is 6.77. The lowest BCUT2D eigenvalue weighted by Gasteiger charge is -2.31. The first kappa shape index (κ1) is 15.8. The zero-order valence-electron chi connectivity index (χ0n) is 12.9. The number of benzene rings is 1. The van der Waals surface area contributed by atoms with Crippen molar-refractivity contribution in [1.29, 1.82) is 0 Å². The molecule has 0 aromatic heterocycles. The van der Waals surface area contributed by atoms with Gasteiger partial charge in [0.25, 0.3) is 0 Å². The second kappa shape index (κ2) is 6.95. The van der Waals surface area contributed by atoms with Gasteiger partial charge in [-0.1, -0.05) is 35.8 Å². The minimum Gasteiger partial charge on any atom is -0.366 e. The molecule has 3 heteroatoms. The van der Waals surface area contributed by atoms with E-state index in [9.17, 15) is 0 Å². The summed E-state index contributed by atoms with van der Waals surface area (Å²) in [4.78, 5) is 2.59. The Morgan fingerprint density at radius 1 is 1.35 bits per heavy atom. The third-order valence-corrected chi connectivity index (χ3v) is 5.34. The molecule has 1 aromatic rings. The van der Waals surface area contributed by atoms with Crippen molar-refractivity contribution in [2.45, 2.75) is 71.0 Å². The van der Waals surface area contributed by atoms with Crippen molar-refractivity contribution in [3.05, 3.63) is 28.2 Å². The number of nitrogens with zero attached hydrogens (tertiary/aromatic N) is 1. The van der Waals surface area contributed by atoms with Crippen LogP contribution in [0.5, 0.6) is 0 Å². The highest BCUT2D eigenvalue weighted by Crippen LogP contribution is 2.34. The number of halogens is 1. The van der Waals surface area contributed by atoms with Crippen LogP contribution in [0.15, 0.2) is 22.7 Å². The summed E-state index contributed by atoms with van der Waals surface area (Å²) in [5.41, 5.74) is 8.74. The van der Waals surface area contributed by atoms with Crippen LogP contribution in [0.2, 0.25) is 0 Å². The second-order valence-electron chi connectivity index (χ2n) is 6.04. The predicted molar refractivity (Wildman–Crippen MR) is 91.4 cm³/mol. The van der Waals surface area contributed by atoms with Gasteiger partial charge in [-0.05, 0) is 56.7 Å². The van der Waals surface area contributed by atoms with Crippen LogP contribution in [0.3, 0.4) is 0 Å². The van der Waals surface area contributed by atoms with Crippen LogP contribution >= 0.6 is 15.9 Å². The SMILES string of the molecule is CCC(N)Cc1ccc(N2C(C)CCC2CC)cc1Br. The molecule has 1 saturated heterocycles. The average Bonchev–Trinajstić information content (AvgIpc) is 2.82. The van der Waals surface area contributed by atoms with Crippen molar-refractivity contribution < 1.29 is 0 Å². The summed E-state index contributed by atoms with van der Waals surface area (Å²) in [5, 5.41) is 0. The smallest absolute Gasteiger partial charge is 0.0382 e. The first-order valence-electron chi connectivity index (χ1n) is 7.89. The molecule has 0 amide bonds. The van der Waals surface area contributed by atoms with Crippen LogP contribution < -0.4 is 10.6 Å². The fourth-order valence-corrected chi connectivity index (χ4v) is 3.76. The van der Waals surface area contributed by atoms with E-state index in [4.69, 9.17) is 5.73 Å². The lowest BCUT2D eigenvalue weighted by molar-refractivity contribution is 0.626. The van der Waals surface area contributed by atoms with Crippen LogP contribution in [-0.4, -0.2) is 18.1 Å². The Hall–Kier alpha value is -0.540. The lowest BCUT2D eigenvalue weighted by atomic mass is 10.0. The molecule has 0 radical (unpaired) electrons. The molecule has 0 bridgehead atoms. The molecule has 1 fully saturated rings. The number of hydrogen-bond donors (Lipinski definition) is 1. The van der Waals surface area contributed by atoms with Gasteiger partial charge in [0, 0.05) is 28.3 Å². The van der Waals surface area contributed by atoms with Gasteiger partial charge in [0.1, 0.15) is 0 Å². The van der Waals surface area contributed by atoms with Gasteiger partial charge in [-0.25, -0.2) is 0 Å². The summed E-state index contributed by atoms with van der Waals surface area (Å²) < 4.78 is 1.20. The Morgan fingerprint density at radius 2 is 2.10 bits per heavy atom. The molecule has 1 aliphatic heterocycles. The highest BCUT2D eigenvalue weighted by Gasteiger charge is 2.29. The highest BCUT2D eigenvalue weighted by atomic mass is 79.9. The van der Waals surface area contributed by atoms with E-state index in [1.54, 1.807) is 0 Å². The summed E-state index contributed by atoms with van der Waals surface area (Å²) in [7, 11) is 0. The third-order valence-electron chi connectivity index (χ3n) is 4.60. The van der Waals surface area contributed by atoms with Crippen molar-refractivity contribution in [3.8, 4) is 0 Å². The van der Waals surface area contributed by atoms with E-state index in [0.29, 0.717) is 12.1 Å². The van der Waals surface area contributed by atoms with Gasteiger partial charge in [-0.3, -0.25) is 0 Å². The fourth-order valence-electron chi connectivity index (χ4n) is 3.23. The maximum absolute atomic E-state index is 6.07. The summed E-state index contributed by atoms with van der Waals surface area (Å²) in [6, 6.07) is 8.39. The van der Waals surface area contributed by atoms with Crippen LogP contribution in [-0.2, 0) is 6.42 Å². The van der Waals surface area contributed by atoms with E-state index in [-0.39, 0.29) is 6.04 Å². The summed E-state index contributed by atoms with van der Waals surface area (Å²) >= 11 is 3.73. The number of anilines is 1. The molecule has 0 aliphatic carbocycles. The molecule has 1 heterocycles. The molecular weight excluding hydrogens is 312 g/mol. The van der Waals surface area contributed by atoms with Crippen molar-refractivity contribution in [2.24, 2.45) is 5.73 Å². The predicted octanol–water partition coefficient (Wildman–Crippen LogP) is 4.50.